The average molecular weight is 347 g/mol. The highest BCUT2D eigenvalue weighted by molar-refractivity contribution is 9.10. The summed E-state index contributed by atoms with van der Waals surface area (Å²) in [5.74, 6) is 1.13. The van der Waals surface area contributed by atoms with Crippen LogP contribution in [0.4, 0.5) is 0 Å². The summed E-state index contributed by atoms with van der Waals surface area (Å²) in [5.41, 5.74) is 2.54. The standard InChI is InChI=1S/C17H15BrO3/c1-10-4-3-5-11-8-15(21-17(10)11)16(19)13-7-6-12(18)9-14(13)20-2/h3-9,16,19H,1-2H3. The number of benzene rings is 2. The number of hydrogen-bond donors (Lipinski definition) is 1. The lowest BCUT2D eigenvalue weighted by Gasteiger charge is -2.13. The van der Waals surface area contributed by atoms with Crippen molar-refractivity contribution in [1.82, 2.24) is 0 Å². The molecule has 0 amide bonds. The Morgan fingerprint density at radius 1 is 1.19 bits per heavy atom. The van der Waals surface area contributed by atoms with E-state index in [1.165, 1.54) is 0 Å². The Kier molecular flexibility index (Phi) is 3.74. The number of aliphatic hydroxyl groups excluding tert-OH is 1. The first-order valence-corrected chi connectivity index (χ1v) is 7.40. The van der Waals surface area contributed by atoms with E-state index in [2.05, 4.69) is 15.9 Å². The molecule has 0 bridgehead atoms. The van der Waals surface area contributed by atoms with Gasteiger partial charge in [0.05, 0.1) is 7.11 Å². The molecule has 0 fully saturated rings. The number of furan rings is 1. The Morgan fingerprint density at radius 2 is 2.00 bits per heavy atom. The van der Waals surface area contributed by atoms with Crippen molar-refractivity contribution < 1.29 is 14.3 Å². The fourth-order valence-electron chi connectivity index (χ4n) is 2.43. The van der Waals surface area contributed by atoms with Crippen LogP contribution in [0.5, 0.6) is 5.75 Å². The molecule has 1 unspecified atom stereocenters. The van der Waals surface area contributed by atoms with Crippen LogP contribution in [0.15, 0.2) is 51.4 Å². The molecule has 1 atom stereocenters. The Labute approximate surface area is 131 Å². The molecule has 0 aliphatic heterocycles. The largest absolute Gasteiger partial charge is 0.496 e. The second-order valence-corrected chi connectivity index (χ2v) is 5.85. The molecule has 3 nitrogen and oxygen atoms in total. The van der Waals surface area contributed by atoms with Gasteiger partial charge in [0, 0.05) is 15.4 Å². The molecule has 108 valence electrons. The average Bonchev–Trinajstić information content (AvgIpc) is 2.92. The number of para-hydroxylation sites is 1. The van der Waals surface area contributed by atoms with E-state index < -0.39 is 6.10 Å². The number of aryl methyl sites for hydroxylation is 1. The van der Waals surface area contributed by atoms with Gasteiger partial charge in [-0.05, 0) is 30.7 Å². The van der Waals surface area contributed by atoms with Crippen LogP contribution in [0, 0.1) is 6.92 Å². The molecule has 0 aliphatic carbocycles. The zero-order valence-electron chi connectivity index (χ0n) is 11.8. The van der Waals surface area contributed by atoms with Crippen LogP contribution >= 0.6 is 15.9 Å². The quantitative estimate of drug-likeness (QED) is 0.753. The van der Waals surface area contributed by atoms with Crippen molar-refractivity contribution >= 4 is 26.9 Å². The molecule has 0 saturated carbocycles. The highest BCUT2D eigenvalue weighted by Crippen LogP contribution is 2.35. The summed E-state index contributed by atoms with van der Waals surface area (Å²) in [5, 5.41) is 11.6. The summed E-state index contributed by atoms with van der Waals surface area (Å²) in [6.07, 6.45) is -0.861. The van der Waals surface area contributed by atoms with Gasteiger partial charge in [-0.25, -0.2) is 0 Å². The number of fused-ring (bicyclic) bond motifs is 1. The first-order valence-electron chi connectivity index (χ1n) is 6.60. The van der Waals surface area contributed by atoms with E-state index in [1.807, 2.05) is 49.4 Å². The minimum Gasteiger partial charge on any atom is -0.496 e. The molecule has 0 spiro atoms. The normalized spacial score (nSPS) is 12.6. The number of hydrogen-bond acceptors (Lipinski definition) is 3. The van der Waals surface area contributed by atoms with Crippen molar-refractivity contribution in [1.29, 1.82) is 0 Å². The van der Waals surface area contributed by atoms with Crippen LogP contribution in [0.25, 0.3) is 11.0 Å². The van der Waals surface area contributed by atoms with Gasteiger partial charge in [0.15, 0.2) is 0 Å². The predicted octanol–water partition coefficient (Wildman–Crippen LogP) is 4.59. The van der Waals surface area contributed by atoms with Gasteiger partial charge in [-0.2, -0.15) is 0 Å². The third kappa shape index (κ3) is 2.57. The highest BCUT2D eigenvalue weighted by atomic mass is 79.9. The number of aliphatic hydroxyl groups is 1. The topological polar surface area (TPSA) is 42.6 Å². The van der Waals surface area contributed by atoms with E-state index in [1.54, 1.807) is 7.11 Å². The summed E-state index contributed by atoms with van der Waals surface area (Å²) in [4.78, 5) is 0. The van der Waals surface area contributed by atoms with Gasteiger partial charge in [-0.15, -0.1) is 0 Å². The first kappa shape index (κ1) is 14.2. The van der Waals surface area contributed by atoms with Gasteiger partial charge in [-0.3, -0.25) is 0 Å². The van der Waals surface area contributed by atoms with E-state index in [0.29, 0.717) is 17.1 Å². The molecule has 1 aromatic heterocycles. The fourth-order valence-corrected chi connectivity index (χ4v) is 2.77. The zero-order valence-corrected chi connectivity index (χ0v) is 13.3. The monoisotopic (exact) mass is 346 g/mol. The lowest BCUT2D eigenvalue weighted by atomic mass is 10.1. The molecule has 2 aromatic carbocycles. The van der Waals surface area contributed by atoms with Crippen LogP contribution in [-0.2, 0) is 0 Å². The maximum absolute atomic E-state index is 10.6. The summed E-state index contributed by atoms with van der Waals surface area (Å²) in [6, 6.07) is 13.3. The van der Waals surface area contributed by atoms with Crippen LogP contribution in [0.3, 0.4) is 0 Å². The molecule has 3 aromatic rings. The van der Waals surface area contributed by atoms with E-state index in [0.717, 1.165) is 21.0 Å². The molecule has 4 heteroatoms. The lowest BCUT2D eigenvalue weighted by Crippen LogP contribution is -2.01. The molecular weight excluding hydrogens is 332 g/mol. The van der Waals surface area contributed by atoms with Gasteiger partial charge in [0.25, 0.3) is 0 Å². The van der Waals surface area contributed by atoms with Gasteiger partial charge < -0.3 is 14.3 Å². The first-order chi connectivity index (χ1) is 10.1. The maximum atomic E-state index is 10.6. The third-order valence-corrected chi connectivity index (χ3v) is 4.01. The number of methoxy groups -OCH3 is 1. The van der Waals surface area contributed by atoms with Crippen molar-refractivity contribution in [3.63, 3.8) is 0 Å². The minimum absolute atomic E-state index is 0.514. The van der Waals surface area contributed by atoms with E-state index in [9.17, 15) is 5.11 Å². The van der Waals surface area contributed by atoms with Gasteiger partial charge in [0.1, 0.15) is 23.2 Å². The summed E-state index contributed by atoms with van der Waals surface area (Å²) < 4.78 is 12.1. The lowest BCUT2D eigenvalue weighted by molar-refractivity contribution is 0.187. The van der Waals surface area contributed by atoms with Crippen LogP contribution in [0.2, 0.25) is 0 Å². The Bertz CT molecular complexity index is 792. The Balaban J connectivity index is 2.08. The molecule has 21 heavy (non-hydrogen) atoms. The maximum Gasteiger partial charge on any atom is 0.140 e. The minimum atomic E-state index is -0.861. The van der Waals surface area contributed by atoms with Crippen LogP contribution in [0.1, 0.15) is 23.0 Å². The number of rotatable bonds is 3. The predicted molar refractivity (Wildman–Crippen MR) is 85.7 cm³/mol. The van der Waals surface area contributed by atoms with E-state index in [4.69, 9.17) is 9.15 Å². The Morgan fingerprint density at radius 3 is 2.71 bits per heavy atom. The number of ether oxygens (including phenoxy) is 1. The molecule has 1 N–H and O–H groups in total. The smallest absolute Gasteiger partial charge is 0.140 e. The number of halogens is 1. The molecule has 0 aliphatic rings. The van der Waals surface area contributed by atoms with Gasteiger partial charge >= 0.3 is 0 Å². The zero-order chi connectivity index (χ0) is 15.0. The van der Waals surface area contributed by atoms with Crippen LogP contribution in [-0.4, -0.2) is 12.2 Å². The third-order valence-electron chi connectivity index (χ3n) is 3.52. The van der Waals surface area contributed by atoms with Crippen LogP contribution < -0.4 is 4.74 Å². The molecular formula is C17H15BrO3. The van der Waals surface area contributed by atoms with E-state index >= 15 is 0 Å². The van der Waals surface area contributed by atoms with E-state index in [-0.39, 0.29) is 0 Å². The molecule has 1 heterocycles. The second kappa shape index (κ2) is 5.54. The summed E-state index contributed by atoms with van der Waals surface area (Å²) in [7, 11) is 1.58. The van der Waals surface area contributed by atoms with Gasteiger partial charge in [0.2, 0.25) is 0 Å². The second-order valence-electron chi connectivity index (χ2n) is 4.93. The highest BCUT2D eigenvalue weighted by Gasteiger charge is 2.20. The SMILES string of the molecule is COc1cc(Br)ccc1C(O)c1cc2cccc(C)c2o1. The van der Waals surface area contributed by atoms with Crippen molar-refractivity contribution in [2.45, 2.75) is 13.0 Å². The molecule has 0 radical (unpaired) electrons. The molecule has 0 saturated heterocycles. The van der Waals surface area contributed by atoms with Crippen molar-refractivity contribution in [2.75, 3.05) is 7.11 Å². The van der Waals surface area contributed by atoms with Crippen molar-refractivity contribution in [3.8, 4) is 5.75 Å². The summed E-state index contributed by atoms with van der Waals surface area (Å²) >= 11 is 3.40. The van der Waals surface area contributed by atoms with Crippen molar-refractivity contribution in [3.05, 3.63) is 63.8 Å². The van der Waals surface area contributed by atoms with Crippen molar-refractivity contribution in [2.24, 2.45) is 0 Å². The fraction of sp³-hybridized carbons (Fsp3) is 0.176. The summed E-state index contributed by atoms with van der Waals surface area (Å²) in [6.45, 7) is 1.99. The molecule has 3 rings (SSSR count). The van der Waals surface area contributed by atoms with Gasteiger partial charge in [-0.1, -0.05) is 40.2 Å². The Hall–Kier alpha value is -1.78.